The summed E-state index contributed by atoms with van der Waals surface area (Å²) in [6.45, 7) is 12.9. The lowest BCUT2D eigenvalue weighted by Gasteiger charge is -2.38. The van der Waals surface area contributed by atoms with Crippen molar-refractivity contribution in [3.05, 3.63) is 24.3 Å². The molecule has 3 rings (SSSR count). The van der Waals surface area contributed by atoms with Crippen molar-refractivity contribution < 1.29 is 53.3 Å². The third-order valence-corrected chi connectivity index (χ3v) is 14.4. The van der Waals surface area contributed by atoms with Crippen LogP contribution < -0.4 is 45.2 Å². The standard InChI is InChI=1S/C34H66N4O3.C24H39N3O2.2ClH/c1-4-6-8-10-12-14-16-18-23-32(39)35-26-21-29-38(3,31-37-28-20-25-34(37)41)30-22-27-36-33(40)24-19-17-15-13-11-9-7-5-2;1-4-5-6-7-8-9-10-11-17-23(28)25-21-15-12-13-16-22(21)27(2,3)20-26-19-14-18-24(26)29;;/h4-31H2,1-3H3,(H-,35,36,39,40);12-13,15-16H,4-11,14,17-20H2,1-3H3;2*1H. The summed E-state index contributed by atoms with van der Waals surface area (Å²) in [7, 11) is 6.40. The van der Waals surface area contributed by atoms with E-state index in [-0.39, 0.29) is 54.3 Å². The maximum Gasteiger partial charge on any atom is 0.226 e. The van der Waals surface area contributed by atoms with E-state index >= 15 is 0 Å². The first kappa shape index (κ1) is 69.1. The first-order valence-electron chi connectivity index (χ1n) is 29.0. The minimum atomic E-state index is 0. The quantitative estimate of drug-likeness (QED) is 0.0518. The van der Waals surface area contributed by atoms with Crippen LogP contribution >= 0.6 is 0 Å². The normalized spacial score (nSPS) is 13.6. The Balaban J connectivity index is 0.00000143. The number of likely N-dealkylation sites (tertiary alicyclic amines) is 2. The number of para-hydroxylation sites is 2. The van der Waals surface area contributed by atoms with Crippen molar-refractivity contribution in [3.8, 4) is 0 Å². The highest BCUT2D eigenvalue weighted by Gasteiger charge is 2.32. The van der Waals surface area contributed by atoms with Crippen LogP contribution in [0.15, 0.2) is 24.3 Å². The fraction of sp³-hybridized carbons (Fsp3) is 0.810. The van der Waals surface area contributed by atoms with E-state index in [0.717, 1.165) is 113 Å². The average Bonchev–Trinajstić information content (AvgIpc) is 3.94. The van der Waals surface area contributed by atoms with Crippen LogP contribution in [-0.4, -0.2) is 118 Å². The second-order valence-electron chi connectivity index (χ2n) is 21.7. The number of amides is 5. The molecule has 2 aliphatic heterocycles. The third kappa shape index (κ3) is 33.1. The number of nitrogens with zero attached hydrogens (tertiary/aromatic N) is 4. The van der Waals surface area contributed by atoms with Crippen molar-refractivity contribution in [1.29, 1.82) is 0 Å². The van der Waals surface area contributed by atoms with E-state index in [1.165, 1.54) is 116 Å². The Hall–Kier alpha value is -2.93. The number of quaternary nitrogens is 2. The van der Waals surface area contributed by atoms with Gasteiger partial charge in [0.2, 0.25) is 29.5 Å². The zero-order valence-corrected chi connectivity index (χ0v) is 48.4. The fourth-order valence-corrected chi connectivity index (χ4v) is 10.0. The molecule has 2 saturated heterocycles. The molecule has 1 aromatic rings. The zero-order chi connectivity index (χ0) is 51.1. The number of unbranched alkanes of at least 4 members (excludes halogenated alkanes) is 21. The van der Waals surface area contributed by atoms with Gasteiger partial charge in [0.05, 0.1) is 34.2 Å². The van der Waals surface area contributed by atoms with Crippen molar-refractivity contribution in [1.82, 2.24) is 24.9 Å². The molecular formula is C58H107Cl2N7O5. The van der Waals surface area contributed by atoms with E-state index < -0.39 is 0 Å². The maximum atomic E-state index is 12.5. The lowest BCUT2D eigenvalue weighted by Crippen LogP contribution is -3.00. The molecular weight excluding hydrogens is 946 g/mol. The summed E-state index contributed by atoms with van der Waals surface area (Å²) < 4.78 is 1.31. The smallest absolute Gasteiger partial charge is 0.226 e. The van der Waals surface area contributed by atoms with Crippen molar-refractivity contribution >= 4 is 40.9 Å². The van der Waals surface area contributed by atoms with Gasteiger partial charge in [0.1, 0.15) is 5.69 Å². The summed E-state index contributed by atoms with van der Waals surface area (Å²) in [5, 5.41) is 9.34. The van der Waals surface area contributed by atoms with Crippen LogP contribution in [0.4, 0.5) is 11.4 Å². The van der Waals surface area contributed by atoms with Crippen LogP contribution in [0.1, 0.15) is 233 Å². The van der Waals surface area contributed by atoms with Gasteiger partial charge in [0.15, 0.2) is 19.0 Å². The van der Waals surface area contributed by atoms with Gasteiger partial charge in [-0.3, -0.25) is 38.3 Å². The molecule has 0 unspecified atom stereocenters. The van der Waals surface area contributed by atoms with E-state index in [1.54, 1.807) is 0 Å². The third-order valence-electron chi connectivity index (χ3n) is 14.4. The Kier molecular flexibility index (Phi) is 41.6. The lowest BCUT2D eigenvalue weighted by molar-refractivity contribution is -0.917. The average molecular weight is 1050 g/mol. The number of anilines is 1. The molecule has 1 aromatic carbocycles. The second kappa shape index (κ2) is 43.3. The fourth-order valence-electron chi connectivity index (χ4n) is 10.0. The Labute approximate surface area is 453 Å². The SMILES string of the molecule is CCCCCCCCCCC(=O)NCCC[N+](C)(CCCNC(=O)CCCCCCCCCC)CN1CCCC1=O.CCCCCCCCCCC(=O)Nc1ccccc1[N+](C)(C)CN1CCCC1=O.[Cl-].[Cl-]. The minimum Gasteiger partial charge on any atom is -1.00 e. The molecule has 0 aromatic heterocycles. The molecule has 2 aliphatic rings. The molecule has 72 heavy (non-hydrogen) atoms. The highest BCUT2D eigenvalue weighted by Crippen LogP contribution is 2.30. The molecule has 0 spiro atoms. The molecule has 3 N–H and O–H groups in total. The van der Waals surface area contributed by atoms with Crippen molar-refractivity contribution in [3.63, 3.8) is 0 Å². The summed E-state index contributed by atoms with van der Waals surface area (Å²) >= 11 is 0. The number of carbonyl (C=O) groups is 5. The van der Waals surface area contributed by atoms with Crippen molar-refractivity contribution in [2.75, 3.05) is 79.1 Å². The Morgan fingerprint density at radius 2 is 0.847 bits per heavy atom. The molecule has 12 nitrogen and oxygen atoms in total. The van der Waals surface area contributed by atoms with Crippen LogP contribution in [-0.2, 0) is 24.0 Å². The van der Waals surface area contributed by atoms with Gasteiger partial charge in [0.25, 0.3) is 0 Å². The van der Waals surface area contributed by atoms with Gasteiger partial charge in [-0.1, -0.05) is 168 Å². The number of halogens is 2. The largest absolute Gasteiger partial charge is 1.00 e. The molecule has 418 valence electrons. The Morgan fingerprint density at radius 1 is 0.486 bits per heavy atom. The number of rotatable bonds is 41. The molecule has 2 fully saturated rings. The second-order valence-corrected chi connectivity index (χ2v) is 21.7. The summed E-state index contributed by atoms with van der Waals surface area (Å²) in [4.78, 5) is 65.4. The predicted octanol–water partition coefficient (Wildman–Crippen LogP) is 6.40. The summed E-state index contributed by atoms with van der Waals surface area (Å²) in [5.74, 6) is 0.901. The van der Waals surface area contributed by atoms with E-state index in [9.17, 15) is 24.0 Å². The molecule has 5 amide bonds. The van der Waals surface area contributed by atoms with E-state index in [4.69, 9.17) is 0 Å². The van der Waals surface area contributed by atoms with Crippen LogP contribution in [0.3, 0.4) is 0 Å². The number of hydrogen-bond donors (Lipinski definition) is 3. The molecule has 0 saturated carbocycles. The Morgan fingerprint density at radius 3 is 1.24 bits per heavy atom. The first-order valence-corrected chi connectivity index (χ1v) is 29.0. The monoisotopic (exact) mass is 1050 g/mol. The van der Waals surface area contributed by atoms with Crippen molar-refractivity contribution in [2.24, 2.45) is 0 Å². The van der Waals surface area contributed by atoms with Crippen LogP contribution in [0, 0.1) is 0 Å². The molecule has 14 heteroatoms. The van der Waals surface area contributed by atoms with Crippen LogP contribution in [0.25, 0.3) is 0 Å². The predicted molar refractivity (Wildman–Crippen MR) is 293 cm³/mol. The molecule has 2 heterocycles. The van der Waals surface area contributed by atoms with Gasteiger partial charge < -0.3 is 45.2 Å². The number of hydrogen-bond acceptors (Lipinski definition) is 5. The van der Waals surface area contributed by atoms with Gasteiger partial charge >= 0.3 is 0 Å². The van der Waals surface area contributed by atoms with Crippen LogP contribution in [0.2, 0.25) is 0 Å². The summed E-state index contributed by atoms with van der Waals surface area (Å²) in [6.07, 6.45) is 36.6. The maximum absolute atomic E-state index is 12.5. The minimum absolute atomic E-state index is 0. The first-order chi connectivity index (χ1) is 33.8. The number of nitrogens with one attached hydrogen (secondary N) is 3. The van der Waals surface area contributed by atoms with Crippen molar-refractivity contribution in [2.45, 2.75) is 233 Å². The number of carbonyl (C=O) groups excluding carboxylic acids is 5. The highest BCUT2D eigenvalue weighted by molar-refractivity contribution is 5.94. The van der Waals surface area contributed by atoms with Gasteiger partial charge in [-0.05, 0) is 38.2 Å². The summed E-state index contributed by atoms with van der Waals surface area (Å²) in [5.41, 5.74) is 1.89. The van der Waals surface area contributed by atoms with Gasteiger partial charge in [-0.2, -0.15) is 0 Å². The topological polar surface area (TPSA) is 128 Å². The van der Waals surface area contributed by atoms with E-state index in [2.05, 4.69) is 57.9 Å². The van der Waals surface area contributed by atoms with Gasteiger partial charge in [-0.25, -0.2) is 0 Å². The van der Waals surface area contributed by atoms with Gasteiger partial charge in [-0.15, -0.1) is 0 Å². The molecule has 0 aliphatic carbocycles. The Bertz CT molecular complexity index is 1540. The van der Waals surface area contributed by atoms with Crippen LogP contribution in [0.5, 0.6) is 0 Å². The highest BCUT2D eigenvalue weighted by atomic mass is 35.5. The summed E-state index contributed by atoms with van der Waals surface area (Å²) in [6, 6.07) is 7.96. The number of benzene rings is 1. The van der Waals surface area contributed by atoms with E-state index in [0.29, 0.717) is 56.3 Å². The zero-order valence-electron chi connectivity index (χ0n) is 46.9. The molecule has 0 radical (unpaired) electrons. The van der Waals surface area contributed by atoms with E-state index in [1.807, 2.05) is 34.1 Å². The molecule has 0 bridgehead atoms. The van der Waals surface area contributed by atoms with Gasteiger partial charge in [0, 0.05) is 77.2 Å². The lowest BCUT2D eigenvalue weighted by atomic mass is 10.1. The molecule has 0 atom stereocenters.